The molecule has 0 spiro atoms. The van der Waals surface area contributed by atoms with Gasteiger partial charge in [0.15, 0.2) is 0 Å². The second-order valence-corrected chi connectivity index (χ2v) is 7.10. The average molecular weight is 318 g/mol. The van der Waals surface area contributed by atoms with Gasteiger partial charge in [0.05, 0.1) is 6.61 Å². The van der Waals surface area contributed by atoms with Crippen molar-refractivity contribution in [1.82, 2.24) is 9.21 Å². The van der Waals surface area contributed by atoms with Crippen molar-refractivity contribution in [3.05, 3.63) is 29.6 Å². The predicted molar refractivity (Wildman–Crippen MR) is 79.9 cm³/mol. The maximum Gasteiger partial charge on any atom is 0.246 e. The predicted octanol–water partition coefficient (Wildman–Crippen LogP) is 1.28. The van der Waals surface area contributed by atoms with Crippen LogP contribution in [-0.2, 0) is 16.6 Å². The van der Waals surface area contributed by atoms with Crippen LogP contribution in [-0.4, -0.2) is 56.0 Å². The lowest BCUT2D eigenvalue weighted by Crippen LogP contribution is -2.43. The minimum atomic E-state index is -3.90. The van der Waals surface area contributed by atoms with Crippen LogP contribution in [0.3, 0.4) is 0 Å². The minimum absolute atomic E-state index is 0.262. The summed E-state index contributed by atoms with van der Waals surface area (Å²) in [6.45, 7) is 4.00. The molecule has 0 fully saturated rings. The van der Waals surface area contributed by atoms with Crippen LogP contribution in [0.4, 0.5) is 4.39 Å². The number of hydrogen-bond donors (Lipinski definition) is 1. The van der Waals surface area contributed by atoms with Crippen LogP contribution >= 0.6 is 0 Å². The Hall–Kier alpha value is -1.02. The van der Waals surface area contributed by atoms with Crippen molar-refractivity contribution in [2.45, 2.75) is 31.4 Å². The number of rotatable bonds is 7. The summed E-state index contributed by atoms with van der Waals surface area (Å²) < 4.78 is 40.5. The van der Waals surface area contributed by atoms with Crippen LogP contribution in [0.1, 0.15) is 19.4 Å². The van der Waals surface area contributed by atoms with Crippen LogP contribution in [0, 0.1) is 5.82 Å². The fraction of sp³-hybridized carbons (Fsp3) is 0.571. The molecule has 21 heavy (non-hydrogen) atoms. The Balaban J connectivity index is 3.18. The molecule has 0 radical (unpaired) electrons. The summed E-state index contributed by atoms with van der Waals surface area (Å²) in [5, 5.41) is 8.97. The number of aliphatic hydroxyl groups is 1. The summed E-state index contributed by atoms with van der Waals surface area (Å²) in [4.78, 5) is 1.53. The highest BCUT2D eigenvalue weighted by Crippen LogP contribution is 2.22. The van der Waals surface area contributed by atoms with Crippen molar-refractivity contribution in [2.24, 2.45) is 0 Å². The number of sulfonamides is 1. The largest absolute Gasteiger partial charge is 0.392 e. The first-order valence-electron chi connectivity index (χ1n) is 6.79. The zero-order chi connectivity index (χ0) is 16.2. The van der Waals surface area contributed by atoms with E-state index in [1.807, 2.05) is 19.0 Å². The van der Waals surface area contributed by atoms with Crippen molar-refractivity contribution >= 4 is 10.0 Å². The van der Waals surface area contributed by atoms with Gasteiger partial charge in [-0.05, 0) is 38.7 Å². The molecule has 1 N–H and O–H groups in total. The van der Waals surface area contributed by atoms with Gasteiger partial charge in [0.2, 0.25) is 10.0 Å². The second kappa shape index (κ2) is 7.31. The Morgan fingerprint density at radius 3 is 2.38 bits per heavy atom. The highest BCUT2D eigenvalue weighted by molar-refractivity contribution is 7.89. The van der Waals surface area contributed by atoms with E-state index in [1.54, 1.807) is 13.8 Å². The monoisotopic (exact) mass is 318 g/mol. The van der Waals surface area contributed by atoms with Crippen LogP contribution in [0.5, 0.6) is 0 Å². The number of benzene rings is 1. The molecule has 0 aliphatic carbocycles. The van der Waals surface area contributed by atoms with Gasteiger partial charge in [-0.2, -0.15) is 4.31 Å². The average Bonchev–Trinajstić information content (AvgIpc) is 2.37. The molecule has 0 bridgehead atoms. The standard InChI is InChI=1S/C14H23FN2O3S/c1-5-17(11(2)9-16(3)4)21(19,20)14-7-6-12(10-18)8-13(14)15/h6-8,11,18H,5,9-10H2,1-4H3. The molecule has 1 atom stereocenters. The third kappa shape index (κ3) is 4.23. The Morgan fingerprint density at radius 1 is 1.33 bits per heavy atom. The van der Waals surface area contributed by atoms with Crippen LogP contribution in [0.25, 0.3) is 0 Å². The molecule has 0 aliphatic rings. The van der Waals surface area contributed by atoms with E-state index in [9.17, 15) is 12.8 Å². The number of likely N-dealkylation sites (N-methyl/N-ethyl adjacent to an activating group) is 2. The van der Waals surface area contributed by atoms with E-state index in [0.29, 0.717) is 12.1 Å². The molecule has 7 heteroatoms. The topological polar surface area (TPSA) is 60.9 Å². The first-order chi connectivity index (χ1) is 9.73. The van der Waals surface area contributed by atoms with E-state index >= 15 is 0 Å². The zero-order valence-electron chi connectivity index (χ0n) is 12.9. The molecule has 1 aromatic carbocycles. The SMILES string of the molecule is CCN(C(C)CN(C)C)S(=O)(=O)c1ccc(CO)cc1F. The van der Waals surface area contributed by atoms with Gasteiger partial charge in [0.1, 0.15) is 10.7 Å². The van der Waals surface area contributed by atoms with Crippen molar-refractivity contribution in [3.63, 3.8) is 0 Å². The van der Waals surface area contributed by atoms with Crippen molar-refractivity contribution in [1.29, 1.82) is 0 Å². The summed E-state index contributed by atoms with van der Waals surface area (Å²) >= 11 is 0. The lowest BCUT2D eigenvalue weighted by molar-refractivity contribution is 0.270. The summed E-state index contributed by atoms with van der Waals surface area (Å²) in [6.07, 6.45) is 0. The molecular weight excluding hydrogens is 295 g/mol. The van der Waals surface area contributed by atoms with Crippen LogP contribution in [0.2, 0.25) is 0 Å². The van der Waals surface area contributed by atoms with Crippen molar-refractivity contribution in [3.8, 4) is 0 Å². The highest BCUT2D eigenvalue weighted by atomic mass is 32.2. The van der Waals surface area contributed by atoms with Crippen molar-refractivity contribution < 1.29 is 17.9 Å². The van der Waals surface area contributed by atoms with Gasteiger partial charge in [-0.1, -0.05) is 13.0 Å². The smallest absolute Gasteiger partial charge is 0.246 e. The van der Waals surface area contributed by atoms with E-state index in [0.717, 1.165) is 6.07 Å². The molecule has 120 valence electrons. The maximum absolute atomic E-state index is 14.0. The molecule has 0 saturated carbocycles. The van der Waals surface area contributed by atoms with E-state index in [1.165, 1.54) is 16.4 Å². The fourth-order valence-electron chi connectivity index (χ4n) is 2.32. The minimum Gasteiger partial charge on any atom is -0.392 e. The summed E-state index contributed by atoms with van der Waals surface area (Å²) in [5.74, 6) is -0.836. The molecule has 1 rings (SSSR count). The van der Waals surface area contributed by atoms with Crippen molar-refractivity contribution in [2.75, 3.05) is 27.2 Å². The van der Waals surface area contributed by atoms with E-state index in [2.05, 4.69) is 0 Å². The van der Waals surface area contributed by atoms with Gasteiger partial charge in [-0.25, -0.2) is 12.8 Å². The molecule has 0 amide bonds. The third-order valence-electron chi connectivity index (χ3n) is 3.20. The first kappa shape index (κ1) is 18.0. The van der Waals surface area contributed by atoms with Gasteiger partial charge in [0.25, 0.3) is 0 Å². The molecule has 1 unspecified atom stereocenters. The number of hydrogen-bond acceptors (Lipinski definition) is 4. The lowest BCUT2D eigenvalue weighted by atomic mass is 10.2. The number of aliphatic hydroxyl groups excluding tert-OH is 1. The van der Waals surface area contributed by atoms with Gasteiger partial charge < -0.3 is 10.0 Å². The normalized spacial score (nSPS) is 13.9. The Kier molecular flexibility index (Phi) is 6.27. The quantitative estimate of drug-likeness (QED) is 0.823. The maximum atomic E-state index is 14.0. The number of nitrogens with zero attached hydrogens (tertiary/aromatic N) is 2. The molecule has 0 heterocycles. The van der Waals surface area contributed by atoms with Gasteiger partial charge in [-0.3, -0.25) is 0 Å². The highest BCUT2D eigenvalue weighted by Gasteiger charge is 2.30. The summed E-state index contributed by atoms with van der Waals surface area (Å²) in [6, 6.07) is 3.41. The second-order valence-electron chi connectivity index (χ2n) is 5.24. The Bertz CT molecular complexity index is 576. The summed E-state index contributed by atoms with van der Waals surface area (Å²) in [7, 11) is -0.192. The molecular formula is C14H23FN2O3S. The van der Waals surface area contributed by atoms with Gasteiger partial charge in [0, 0.05) is 19.1 Å². The van der Waals surface area contributed by atoms with Gasteiger partial charge in [-0.15, -0.1) is 0 Å². The molecule has 1 aromatic rings. The molecule has 0 saturated heterocycles. The molecule has 0 aliphatic heterocycles. The lowest BCUT2D eigenvalue weighted by Gasteiger charge is -2.29. The van der Waals surface area contributed by atoms with E-state index in [-0.39, 0.29) is 24.1 Å². The Labute approximate surface area is 126 Å². The van der Waals surface area contributed by atoms with E-state index in [4.69, 9.17) is 5.11 Å². The molecule has 5 nitrogen and oxygen atoms in total. The molecule has 0 aromatic heterocycles. The Morgan fingerprint density at radius 2 is 1.95 bits per heavy atom. The summed E-state index contributed by atoms with van der Waals surface area (Å²) in [5.41, 5.74) is 0.343. The van der Waals surface area contributed by atoms with Gasteiger partial charge >= 0.3 is 0 Å². The number of halogens is 1. The first-order valence-corrected chi connectivity index (χ1v) is 8.23. The van der Waals surface area contributed by atoms with Crippen LogP contribution < -0.4 is 0 Å². The van der Waals surface area contributed by atoms with Crippen LogP contribution in [0.15, 0.2) is 23.1 Å². The third-order valence-corrected chi connectivity index (χ3v) is 5.32. The zero-order valence-corrected chi connectivity index (χ0v) is 13.7. The van der Waals surface area contributed by atoms with E-state index < -0.39 is 15.8 Å². The fourth-order valence-corrected chi connectivity index (χ4v) is 3.99.